The second-order valence-corrected chi connectivity index (χ2v) is 5.38. The van der Waals surface area contributed by atoms with E-state index in [0.29, 0.717) is 19.7 Å². The number of aromatic nitrogens is 1. The minimum Gasteiger partial charge on any atom is -0.383 e. The maximum absolute atomic E-state index is 12.1. The third kappa shape index (κ3) is 3.76. The second-order valence-electron chi connectivity index (χ2n) is 4.41. The van der Waals surface area contributed by atoms with Gasteiger partial charge in [-0.25, -0.2) is 0 Å². The molecule has 1 aliphatic heterocycles. The van der Waals surface area contributed by atoms with Crippen LogP contribution >= 0.6 is 11.3 Å². The van der Waals surface area contributed by atoms with Gasteiger partial charge in [0.25, 0.3) is 0 Å². The average molecular weight is 269 g/mol. The van der Waals surface area contributed by atoms with Gasteiger partial charge in [-0.3, -0.25) is 14.7 Å². The van der Waals surface area contributed by atoms with Gasteiger partial charge in [-0.1, -0.05) is 0 Å². The summed E-state index contributed by atoms with van der Waals surface area (Å²) in [4.78, 5) is 21.5. The van der Waals surface area contributed by atoms with E-state index < -0.39 is 0 Å². The van der Waals surface area contributed by atoms with Gasteiger partial charge in [0.1, 0.15) is 0 Å². The van der Waals surface area contributed by atoms with Crippen LogP contribution in [0.5, 0.6) is 0 Å². The predicted octanol–water partition coefficient (Wildman–Crippen LogP) is 0.824. The van der Waals surface area contributed by atoms with Crippen molar-refractivity contribution in [2.24, 2.45) is 0 Å². The van der Waals surface area contributed by atoms with Crippen LogP contribution in [0.25, 0.3) is 0 Å². The summed E-state index contributed by atoms with van der Waals surface area (Å²) in [7, 11) is 1.67. The highest BCUT2D eigenvalue weighted by molar-refractivity contribution is 7.09. The molecule has 1 aromatic heterocycles. The van der Waals surface area contributed by atoms with E-state index >= 15 is 0 Å². The third-order valence-electron chi connectivity index (χ3n) is 3.04. The summed E-state index contributed by atoms with van der Waals surface area (Å²) in [5, 5.41) is 0. The summed E-state index contributed by atoms with van der Waals surface area (Å²) in [6, 6.07) is 0. The fourth-order valence-corrected chi connectivity index (χ4v) is 2.73. The second kappa shape index (κ2) is 6.82. The molecular weight excluding hydrogens is 250 g/mol. The van der Waals surface area contributed by atoms with E-state index in [1.54, 1.807) is 18.4 Å². The molecule has 1 amide bonds. The summed E-state index contributed by atoms with van der Waals surface area (Å²) in [6.07, 6.45) is 2.90. The van der Waals surface area contributed by atoms with Crippen molar-refractivity contribution in [1.82, 2.24) is 14.8 Å². The van der Waals surface area contributed by atoms with Crippen molar-refractivity contribution in [2.75, 3.05) is 39.9 Å². The molecule has 2 heterocycles. The number of hydrogen-bond donors (Lipinski definition) is 0. The highest BCUT2D eigenvalue weighted by Crippen LogP contribution is 2.12. The first-order valence-electron chi connectivity index (χ1n) is 6.16. The van der Waals surface area contributed by atoms with Gasteiger partial charge in [-0.2, -0.15) is 0 Å². The van der Waals surface area contributed by atoms with Crippen LogP contribution in [0.4, 0.5) is 0 Å². The van der Waals surface area contributed by atoms with Crippen LogP contribution in [-0.4, -0.2) is 60.6 Å². The molecule has 6 heteroatoms. The quantitative estimate of drug-likeness (QED) is 0.794. The summed E-state index contributed by atoms with van der Waals surface area (Å²) >= 11 is 1.64. The normalized spacial score (nSPS) is 18.1. The Morgan fingerprint density at radius 1 is 1.50 bits per heavy atom. The molecule has 5 nitrogen and oxygen atoms in total. The molecule has 0 aliphatic carbocycles. The lowest BCUT2D eigenvalue weighted by Gasteiger charge is -2.21. The third-order valence-corrected chi connectivity index (χ3v) is 3.81. The number of thiazole rings is 1. The van der Waals surface area contributed by atoms with Crippen molar-refractivity contribution in [3.8, 4) is 0 Å². The Kier molecular flexibility index (Phi) is 5.10. The predicted molar refractivity (Wildman–Crippen MR) is 70.5 cm³/mol. The Labute approximate surface area is 111 Å². The largest absolute Gasteiger partial charge is 0.383 e. The van der Waals surface area contributed by atoms with Crippen LogP contribution in [0.2, 0.25) is 0 Å². The van der Waals surface area contributed by atoms with Crippen LogP contribution in [0.3, 0.4) is 0 Å². The van der Waals surface area contributed by atoms with Crippen molar-refractivity contribution >= 4 is 17.2 Å². The number of carbonyl (C=O) groups is 1. The first-order chi connectivity index (χ1) is 8.79. The van der Waals surface area contributed by atoms with Gasteiger partial charge >= 0.3 is 0 Å². The fourth-order valence-electron chi connectivity index (χ4n) is 2.09. The number of nitrogens with zero attached hydrogens (tertiary/aromatic N) is 3. The Bertz CT molecular complexity index is 369. The maximum Gasteiger partial charge on any atom is 0.236 e. The molecule has 0 unspecified atom stereocenters. The standard InChI is InChI=1S/C12H19N3O2S/c1-17-6-5-15-4-2-3-14(9-12(15)16)8-11-7-13-10-18-11/h7,10H,2-6,8-9H2,1H3. The summed E-state index contributed by atoms with van der Waals surface area (Å²) in [5.41, 5.74) is 1.83. The van der Waals surface area contributed by atoms with E-state index in [0.717, 1.165) is 26.1 Å². The number of amides is 1. The summed E-state index contributed by atoms with van der Waals surface area (Å²) in [5.74, 6) is 0.203. The molecule has 0 N–H and O–H groups in total. The van der Waals surface area contributed by atoms with Crippen LogP contribution in [-0.2, 0) is 16.1 Å². The van der Waals surface area contributed by atoms with Crippen LogP contribution < -0.4 is 0 Å². The van der Waals surface area contributed by atoms with Gasteiger partial charge in [0, 0.05) is 44.4 Å². The van der Waals surface area contributed by atoms with Gasteiger partial charge in [0.15, 0.2) is 0 Å². The van der Waals surface area contributed by atoms with E-state index in [1.165, 1.54) is 4.88 Å². The smallest absolute Gasteiger partial charge is 0.236 e. The first-order valence-corrected chi connectivity index (χ1v) is 7.04. The molecule has 1 fully saturated rings. The lowest BCUT2D eigenvalue weighted by Crippen LogP contribution is -2.38. The van der Waals surface area contributed by atoms with Gasteiger partial charge in [-0.05, 0) is 6.42 Å². The topological polar surface area (TPSA) is 45.7 Å². The van der Waals surface area contributed by atoms with Crippen molar-refractivity contribution in [3.05, 3.63) is 16.6 Å². The molecule has 0 bridgehead atoms. The highest BCUT2D eigenvalue weighted by atomic mass is 32.1. The summed E-state index contributed by atoms with van der Waals surface area (Å²) < 4.78 is 5.03. The molecule has 1 aliphatic rings. The molecule has 100 valence electrons. The Balaban J connectivity index is 1.87. The average Bonchev–Trinajstić information content (AvgIpc) is 2.79. The zero-order chi connectivity index (χ0) is 12.8. The Morgan fingerprint density at radius 3 is 3.11 bits per heavy atom. The van der Waals surface area contributed by atoms with E-state index in [4.69, 9.17) is 4.74 Å². The lowest BCUT2D eigenvalue weighted by molar-refractivity contribution is -0.131. The van der Waals surface area contributed by atoms with Gasteiger partial charge in [0.2, 0.25) is 5.91 Å². The molecule has 2 rings (SSSR count). The highest BCUT2D eigenvalue weighted by Gasteiger charge is 2.21. The van der Waals surface area contributed by atoms with Crippen molar-refractivity contribution < 1.29 is 9.53 Å². The first kappa shape index (κ1) is 13.5. The minimum absolute atomic E-state index is 0.203. The zero-order valence-corrected chi connectivity index (χ0v) is 11.5. The van der Waals surface area contributed by atoms with Crippen molar-refractivity contribution in [1.29, 1.82) is 0 Å². The number of carbonyl (C=O) groups excluding carboxylic acids is 1. The molecule has 1 saturated heterocycles. The van der Waals surface area contributed by atoms with E-state index in [1.807, 2.05) is 16.6 Å². The zero-order valence-electron chi connectivity index (χ0n) is 10.7. The fraction of sp³-hybridized carbons (Fsp3) is 0.667. The molecule has 0 aromatic carbocycles. The van der Waals surface area contributed by atoms with Crippen molar-refractivity contribution in [2.45, 2.75) is 13.0 Å². The SMILES string of the molecule is COCCN1CCCN(Cc2cncs2)CC1=O. The number of rotatable bonds is 5. The van der Waals surface area contributed by atoms with E-state index in [2.05, 4.69) is 9.88 Å². The molecule has 1 aromatic rings. The van der Waals surface area contributed by atoms with Crippen LogP contribution in [0.15, 0.2) is 11.7 Å². The van der Waals surface area contributed by atoms with Crippen LogP contribution in [0.1, 0.15) is 11.3 Å². The molecular formula is C12H19N3O2S. The molecule has 0 atom stereocenters. The van der Waals surface area contributed by atoms with E-state index in [9.17, 15) is 4.79 Å². The monoisotopic (exact) mass is 269 g/mol. The van der Waals surface area contributed by atoms with Crippen LogP contribution in [0, 0.1) is 0 Å². The van der Waals surface area contributed by atoms with Gasteiger partial charge < -0.3 is 9.64 Å². The number of ether oxygens (including phenoxy) is 1. The Morgan fingerprint density at radius 2 is 2.39 bits per heavy atom. The van der Waals surface area contributed by atoms with Gasteiger partial charge in [0.05, 0.1) is 18.7 Å². The van der Waals surface area contributed by atoms with Gasteiger partial charge in [-0.15, -0.1) is 11.3 Å². The minimum atomic E-state index is 0.203. The van der Waals surface area contributed by atoms with E-state index in [-0.39, 0.29) is 5.91 Å². The summed E-state index contributed by atoms with van der Waals surface area (Å²) in [6.45, 7) is 4.44. The molecule has 0 saturated carbocycles. The maximum atomic E-state index is 12.1. The number of hydrogen-bond acceptors (Lipinski definition) is 5. The Hall–Kier alpha value is -0.980. The number of methoxy groups -OCH3 is 1. The molecule has 0 radical (unpaired) electrons. The lowest BCUT2D eigenvalue weighted by atomic mass is 10.3. The molecule has 0 spiro atoms. The molecule has 18 heavy (non-hydrogen) atoms. The van der Waals surface area contributed by atoms with Crippen molar-refractivity contribution in [3.63, 3.8) is 0 Å².